The first kappa shape index (κ1) is 12.8. The van der Waals surface area contributed by atoms with Crippen molar-refractivity contribution < 1.29 is 13.2 Å². The van der Waals surface area contributed by atoms with Crippen molar-refractivity contribution in [3.05, 3.63) is 0 Å². The standard InChI is InChI=1S/C10H19F3N2/c1-2-8-3-4-15-9(5-8)6-14-7-10(11,12)13/h8-9,14-15H,2-7H2,1H3. The van der Waals surface area contributed by atoms with Gasteiger partial charge in [0.05, 0.1) is 6.54 Å². The number of hydrogen-bond acceptors (Lipinski definition) is 2. The molecule has 0 amide bonds. The Morgan fingerprint density at radius 3 is 2.73 bits per heavy atom. The maximum atomic E-state index is 11.9. The van der Waals surface area contributed by atoms with Gasteiger partial charge in [0.15, 0.2) is 0 Å². The molecule has 2 unspecified atom stereocenters. The van der Waals surface area contributed by atoms with E-state index in [1.165, 1.54) is 0 Å². The average molecular weight is 224 g/mol. The van der Waals surface area contributed by atoms with Crippen molar-refractivity contribution in [2.45, 2.75) is 38.4 Å². The van der Waals surface area contributed by atoms with Crippen LogP contribution < -0.4 is 10.6 Å². The maximum absolute atomic E-state index is 11.9. The van der Waals surface area contributed by atoms with Gasteiger partial charge in [-0.1, -0.05) is 13.3 Å². The van der Waals surface area contributed by atoms with E-state index >= 15 is 0 Å². The van der Waals surface area contributed by atoms with Gasteiger partial charge in [-0.05, 0) is 25.3 Å². The maximum Gasteiger partial charge on any atom is 0.401 e. The third-order valence-corrected chi connectivity index (χ3v) is 2.90. The minimum atomic E-state index is -4.10. The fourth-order valence-electron chi connectivity index (χ4n) is 2.01. The highest BCUT2D eigenvalue weighted by atomic mass is 19.4. The molecule has 2 N–H and O–H groups in total. The smallest absolute Gasteiger partial charge is 0.313 e. The summed E-state index contributed by atoms with van der Waals surface area (Å²) in [4.78, 5) is 0. The molecule has 0 saturated carbocycles. The van der Waals surface area contributed by atoms with E-state index in [0.717, 1.165) is 25.8 Å². The van der Waals surface area contributed by atoms with Crippen molar-refractivity contribution in [1.82, 2.24) is 10.6 Å². The predicted octanol–water partition coefficient (Wildman–Crippen LogP) is 1.92. The Labute approximate surface area is 88.6 Å². The predicted molar refractivity (Wildman–Crippen MR) is 53.7 cm³/mol. The quantitative estimate of drug-likeness (QED) is 0.762. The molecule has 1 aliphatic rings. The minimum absolute atomic E-state index is 0.200. The largest absolute Gasteiger partial charge is 0.401 e. The lowest BCUT2D eigenvalue weighted by Crippen LogP contribution is -2.46. The van der Waals surface area contributed by atoms with E-state index in [-0.39, 0.29) is 6.04 Å². The third kappa shape index (κ3) is 5.37. The highest BCUT2D eigenvalue weighted by Gasteiger charge is 2.27. The van der Waals surface area contributed by atoms with E-state index < -0.39 is 12.7 Å². The molecular weight excluding hydrogens is 205 g/mol. The van der Waals surface area contributed by atoms with Gasteiger partial charge < -0.3 is 10.6 Å². The topological polar surface area (TPSA) is 24.1 Å². The molecule has 0 aliphatic carbocycles. The van der Waals surface area contributed by atoms with Gasteiger partial charge in [-0.2, -0.15) is 13.2 Å². The molecule has 15 heavy (non-hydrogen) atoms. The summed E-state index contributed by atoms with van der Waals surface area (Å²) in [6, 6.07) is 0.200. The Balaban J connectivity index is 2.15. The molecule has 0 aromatic carbocycles. The van der Waals surface area contributed by atoms with Crippen molar-refractivity contribution >= 4 is 0 Å². The molecule has 2 atom stereocenters. The normalized spacial score (nSPS) is 28.0. The van der Waals surface area contributed by atoms with Gasteiger partial charge in [-0.15, -0.1) is 0 Å². The molecule has 90 valence electrons. The Kier molecular flexibility index (Phi) is 4.86. The van der Waals surface area contributed by atoms with E-state index in [1.807, 2.05) is 0 Å². The van der Waals surface area contributed by atoms with Crippen LogP contribution in [0.3, 0.4) is 0 Å². The molecule has 0 aromatic rings. The molecule has 1 heterocycles. The number of rotatable bonds is 4. The number of hydrogen-bond donors (Lipinski definition) is 2. The summed E-state index contributed by atoms with van der Waals surface area (Å²) in [5.74, 6) is 0.670. The van der Waals surface area contributed by atoms with Crippen LogP contribution in [0.25, 0.3) is 0 Å². The molecule has 1 saturated heterocycles. The van der Waals surface area contributed by atoms with E-state index in [1.54, 1.807) is 0 Å². The van der Waals surface area contributed by atoms with Crippen LogP contribution in [-0.2, 0) is 0 Å². The zero-order valence-electron chi connectivity index (χ0n) is 9.03. The Bertz CT molecular complexity index is 182. The van der Waals surface area contributed by atoms with Gasteiger partial charge in [-0.3, -0.25) is 0 Å². The second-order valence-electron chi connectivity index (χ2n) is 4.20. The molecule has 0 spiro atoms. The molecule has 0 aromatic heterocycles. The van der Waals surface area contributed by atoms with Crippen LogP contribution in [0, 0.1) is 5.92 Å². The number of halogens is 3. The molecular formula is C10H19F3N2. The highest BCUT2D eigenvalue weighted by molar-refractivity contribution is 4.79. The van der Waals surface area contributed by atoms with E-state index in [9.17, 15) is 13.2 Å². The van der Waals surface area contributed by atoms with Crippen LogP contribution in [0.1, 0.15) is 26.2 Å². The lowest BCUT2D eigenvalue weighted by Gasteiger charge is -2.30. The first-order valence-corrected chi connectivity index (χ1v) is 5.52. The van der Waals surface area contributed by atoms with Crippen LogP contribution >= 0.6 is 0 Å². The molecule has 1 aliphatic heterocycles. The van der Waals surface area contributed by atoms with Gasteiger partial charge in [0.1, 0.15) is 0 Å². The van der Waals surface area contributed by atoms with E-state index in [4.69, 9.17) is 0 Å². The SMILES string of the molecule is CCC1CCNC(CNCC(F)(F)F)C1. The third-order valence-electron chi connectivity index (χ3n) is 2.90. The van der Waals surface area contributed by atoms with Crippen molar-refractivity contribution in [2.75, 3.05) is 19.6 Å². The van der Waals surface area contributed by atoms with Crippen molar-refractivity contribution in [1.29, 1.82) is 0 Å². The first-order chi connectivity index (χ1) is 7.01. The summed E-state index contributed by atoms with van der Waals surface area (Å²) >= 11 is 0. The first-order valence-electron chi connectivity index (χ1n) is 5.52. The summed E-state index contributed by atoms with van der Waals surface area (Å²) in [5, 5.41) is 5.69. The van der Waals surface area contributed by atoms with Crippen LogP contribution in [0.4, 0.5) is 13.2 Å². The van der Waals surface area contributed by atoms with Crippen LogP contribution in [-0.4, -0.2) is 31.9 Å². The fraction of sp³-hybridized carbons (Fsp3) is 1.00. The van der Waals surface area contributed by atoms with Crippen molar-refractivity contribution in [3.63, 3.8) is 0 Å². The Morgan fingerprint density at radius 1 is 1.40 bits per heavy atom. The summed E-state index contributed by atoms with van der Waals surface area (Å²) in [6.07, 6.45) is -0.843. The monoisotopic (exact) mass is 224 g/mol. The summed E-state index contributed by atoms with van der Waals surface area (Å²) in [6.45, 7) is 2.59. The molecule has 0 radical (unpaired) electrons. The second kappa shape index (κ2) is 5.70. The molecule has 0 bridgehead atoms. The lowest BCUT2D eigenvalue weighted by molar-refractivity contribution is -0.124. The summed E-state index contributed by atoms with van der Waals surface area (Å²) < 4.78 is 35.6. The molecule has 2 nitrogen and oxygen atoms in total. The number of piperidine rings is 1. The van der Waals surface area contributed by atoms with Gasteiger partial charge >= 0.3 is 6.18 Å². The lowest BCUT2D eigenvalue weighted by atomic mass is 9.90. The minimum Gasteiger partial charge on any atom is -0.313 e. The summed E-state index contributed by atoms with van der Waals surface area (Å²) in [7, 11) is 0. The number of alkyl halides is 3. The zero-order chi connectivity index (χ0) is 11.3. The van der Waals surface area contributed by atoms with E-state index in [2.05, 4.69) is 17.6 Å². The fourth-order valence-corrected chi connectivity index (χ4v) is 2.01. The molecule has 1 rings (SSSR count). The van der Waals surface area contributed by atoms with Crippen LogP contribution in [0.2, 0.25) is 0 Å². The van der Waals surface area contributed by atoms with Crippen molar-refractivity contribution in [2.24, 2.45) is 5.92 Å². The Morgan fingerprint density at radius 2 is 2.13 bits per heavy atom. The number of nitrogens with one attached hydrogen (secondary N) is 2. The summed E-state index contributed by atoms with van der Waals surface area (Å²) in [5.41, 5.74) is 0. The Hall–Kier alpha value is -0.290. The molecule has 5 heteroatoms. The zero-order valence-corrected chi connectivity index (χ0v) is 9.03. The van der Waals surface area contributed by atoms with E-state index in [0.29, 0.717) is 12.5 Å². The molecule has 1 fully saturated rings. The van der Waals surface area contributed by atoms with Gasteiger partial charge in [0.2, 0.25) is 0 Å². The van der Waals surface area contributed by atoms with Crippen LogP contribution in [0.5, 0.6) is 0 Å². The van der Waals surface area contributed by atoms with Crippen LogP contribution in [0.15, 0.2) is 0 Å². The highest BCUT2D eigenvalue weighted by Crippen LogP contribution is 2.19. The van der Waals surface area contributed by atoms with Gasteiger partial charge in [-0.25, -0.2) is 0 Å². The van der Waals surface area contributed by atoms with Crippen molar-refractivity contribution in [3.8, 4) is 0 Å². The second-order valence-corrected chi connectivity index (χ2v) is 4.20. The average Bonchev–Trinajstić information content (AvgIpc) is 2.16. The van der Waals surface area contributed by atoms with Gasteiger partial charge in [0.25, 0.3) is 0 Å². The van der Waals surface area contributed by atoms with Gasteiger partial charge in [0, 0.05) is 12.6 Å².